The van der Waals surface area contributed by atoms with E-state index in [9.17, 15) is 13.2 Å². The standard InChI is InChI=1S/C18H20N2O3S2/c21-18(17-11-13-5-3-8-16(13)24-17)19-14-6-4-7-15(12-14)25(22,23)20-9-1-2-10-20/h4,6-7,11-12H,1-3,5,8-10H2,(H,19,21). The summed E-state index contributed by atoms with van der Waals surface area (Å²) in [5.41, 5.74) is 1.79. The molecule has 2 aromatic rings. The van der Waals surface area contributed by atoms with E-state index in [-0.39, 0.29) is 10.8 Å². The van der Waals surface area contributed by atoms with Gasteiger partial charge in [-0.1, -0.05) is 6.07 Å². The molecule has 5 nitrogen and oxygen atoms in total. The highest BCUT2D eigenvalue weighted by Gasteiger charge is 2.27. The van der Waals surface area contributed by atoms with Crippen LogP contribution in [0.4, 0.5) is 5.69 Å². The summed E-state index contributed by atoms with van der Waals surface area (Å²) in [7, 11) is -3.47. The summed E-state index contributed by atoms with van der Waals surface area (Å²) in [4.78, 5) is 14.7. The molecule has 1 N–H and O–H groups in total. The highest BCUT2D eigenvalue weighted by Crippen LogP contribution is 2.31. The Morgan fingerprint density at radius 3 is 2.64 bits per heavy atom. The number of carbonyl (C=O) groups is 1. The van der Waals surface area contributed by atoms with Crippen LogP contribution in [0.15, 0.2) is 35.2 Å². The summed E-state index contributed by atoms with van der Waals surface area (Å²) in [6, 6.07) is 8.50. The Morgan fingerprint density at radius 1 is 1.08 bits per heavy atom. The number of thiophene rings is 1. The SMILES string of the molecule is O=C(Nc1cccc(S(=O)(=O)N2CCCC2)c1)c1cc2c(s1)CCC2. The van der Waals surface area contributed by atoms with Gasteiger partial charge in [-0.3, -0.25) is 4.79 Å². The van der Waals surface area contributed by atoms with E-state index in [0.29, 0.717) is 23.7 Å². The molecule has 2 aliphatic rings. The second-order valence-corrected chi connectivity index (χ2v) is 9.58. The summed E-state index contributed by atoms with van der Waals surface area (Å²) < 4.78 is 26.8. The maximum Gasteiger partial charge on any atom is 0.265 e. The Bertz CT molecular complexity index is 891. The molecule has 1 aliphatic heterocycles. The molecular weight excluding hydrogens is 356 g/mol. The molecule has 25 heavy (non-hydrogen) atoms. The smallest absolute Gasteiger partial charge is 0.265 e. The van der Waals surface area contributed by atoms with E-state index in [1.807, 2.05) is 6.07 Å². The van der Waals surface area contributed by atoms with Crippen LogP contribution in [0.5, 0.6) is 0 Å². The van der Waals surface area contributed by atoms with Crippen LogP contribution in [0.1, 0.15) is 39.4 Å². The molecule has 1 aliphatic carbocycles. The van der Waals surface area contributed by atoms with Crippen molar-refractivity contribution in [1.29, 1.82) is 0 Å². The van der Waals surface area contributed by atoms with Gasteiger partial charge in [0.1, 0.15) is 0 Å². The summed E-state index contributed by atoms with van der Waals surface area (Å²) in [6.07, 6.45) is 5.07. The first-order valence-electron chi connectivity index (χ1n) is 8.57. The normalized spacial score (nSPS) is 17.6. The topological polar surface area (TPSA) is 66.5 Å². The van der Waals surface area contributed by atoms with Crippen molar-refractivity contribution in [1.82, 2.24) is 4.31 Å². The molecule has 0 saturated carbocycles. The van der Waals surface area contributed by atoms with E-state index >= 15 is 0 Å². The number of nitrogens with one attached hydrogen (secondary N) is 1. The molecule has 0 unspecified atom stereocenters. The number of fused-ring (bicyclic) bond motifs is 1. The molecule has 1 saturated heterocycles. The van der Waals surface area contributed by atoms with Crippen LogP contribution in [0.2, 0.25) is 0 Å². The molecule has 1 fully saturated rings. The van der Waals surface area contributed by atoms with E-state index in [1.165, 1.54) is 21.2 Å². The monoisotopic (exact) mass is 376 g/mol. The molecule has 2 heterocycles. The lowest BCUT2D eigenvalue weighted by Gasteiger charge is -2.16. The maximum absolute atomic E-state index is 12.7. The van der Waals surface area contributed by atoms with Crippen LogP contribution in [0, 0.1) is 0 Å². The third-order valence-electron chi connectivity index (χ3n) is 4.77. The first-order chi connectivity index (χ1) is 12.0. The Hall–Kier alpha value is -1.70. The second-order valence-electron chi connectivity index (χ2n) is 6.51. The fourth-order valence-electron chi connectivity index (χ4n) is 3.45. The Kier molecular flexibility index (Phi) is 4.39. The third kappa shape index (κ3) is 3.23. The third-order valence-corrected chi connectivity index (χ3v) is 7.90. The van der Waals surface area contributed by atoms with E-state index in [0.717, 1.165) is 25.7 Å². The van der Waals surface area contributed by atoms with Crippen molar-refractivity contribution >= 4 is 33.0 Å². The number of nitrogens with zero attached hydrogens (tertiary/aromatic N) is 1. The van der Waals surface area contributed by atoms with E-state index in [1.54, 1.807) is 35.6 Å². The Labute approximate surface area is 151 Å². The number of benzene rings is 1. The molecule has 0 radical (unpaired) electrons. The van der Waals surface area contributed by atoms with Gasteiger partial charge in [-0.15, -0.1) is 11.3 Å². The van der Waals surface area contributed by atoms with Crippen molar-refractivity contribution in [3.05, 3.63) is 45.6 Å². The van der Waals surface area contributed by atoms with Crippen molar-refractivity contribution in [2.24, 2.45) is 0 Å². The number of anilines is 1. The highest BCUT2D eigenvalue weighted by atomic mass is 32.2. The van der Waals surface area contributed by atoms with Crippen LogP contribution in [0.25, 0.3) is 0 Å². The minimum absolute atomic E-state index is 0.171. The predicted molar refractivity (Wildman–Crippen MR) is 98.7 cm³/mol. The second kappa shape index (κ2) is 6.55. The number of hydrogen-bond donors (Lipinski definition) is 1. The molecule has 0 spiro atoms. The van der Waals surface area contributed by atoms with Crippen LogP contribution in [0.3, 0.4) is 0 Å². The number of aryl methyl sites for hydroxylation is 2. The van der Waals surface area contributed by atoms with Crippen LogP contribution >= 0.6 is 11.3 Å². The van der Waals surface area contributed by atoms with Gasteiger partial charge in [-0.25, -0.2) is 8.42 Å². The molecule has 1 aromatic carbocycles. The molecule has 0 bridgehead atoms. The fourth-order valence-corrected chi connectivity index (χ4v) is 6.16. The van der Waals surface area contributed by atoms with E-state index < -0.39 is 10.0 Å². The number of carbonyl (C=O) groups excluding carboxylic acids is 1. The first kappa shape index (κ1) is 16.8. The molecule has 1 aromatic heterocycles. The summed E-state index contributed by atoms with van der Waals surface area (Å²) in [5, 5.41) is 2.84. The molecule has 1 amide bonds. The van der Waals surface area contributed by atoms with Crippen molar-refractivity contribution in [3.8, 4) is 0 Å². The molecule has 7 heteroatoms. The van der Waals surface area contributed by atoms with Crippen LogP contribution in [-0.2, 0) is 22.9 Å². The van der Waals surface area contributed by atoms with Crippen molar-refractivity contribution in [2.45, 2.75) is 37.0 Å². The van der Waals surface area contributed by atoms with Gasteiger partial charge in [0.25, 0.3) is 5.91 Å². The average Bonchev–Trinajstić information content (AvgIpc) is 3.32. The molecule has 132 valence electrons. The zero-order chi connectivity index (χ0) is 17.4. The average molecular weight is 377 g/mol. The van der Waals surface area contributed by atoms with Gasteiger partial charge in [-0.2, -0.15) is 4.31 Å². The lowest BCUT2D eigenvalue weighted by Crippen LogP contribution is -2.27. The molecule has 0 atom stereocenters. The molecular formula is C18H20N2O3S2. The van der Waals surface area contributed by atoms with Gasteiger partial charge in [0.15, 0.2) is 0 Å². The van der Waals surface area contributed by atoms with Gasteiger partial charge < -0.3 is 5.32 Å². The van der Waals surface area contributed by atoms with Gasteiger partial charge >= 0.3 is 0 Å². The van der Waals surface area contributed by atoms with Crippen LogP contribution < -0.4 is 5.32 Å². The summed E-state index contributed by atoms with van der Waals surface area (Å²) in [6.45, 7) is 1.14. The summed E-state index contributed by atoms with van der Waals surface area (Å²) >= 11 is 1.54. The Balaban J connectivity index is 1.54. The Morgan fingerprint density at radius 2 is 1.88 bits per heavy atom. The zero-order valence-electron chi connectivity index (χ0n) is 13.8. The van der Waals surface area contributed by atoms with E-state index in [2.05, 4.69) is 5.32 Å². The minimum atomic E-state index is -3.47. The minimum Gasteiger partial charge on any atom is -0.321 e. The number of sulfonamides is 1. The van der Waals surface area contributed by atoms with Crippen LogP contribution in [-0.4, -0.2) is 31.7 Å². The molecule has 4 rings (SSSR count). The quantitative estimate of drug-likeness (QED) is 0.890. The largest absolute Gasteiger partial charge is 0.321 e. The highest BCUT2D eigenvalue weighted by molar-refractivity contribution is 7.89. The first-order valence-corrected chi connectivity index (χ1v) is 10.8. The fraction of sp³-hybridized carbons (Fsp3) is 0.389. The van der Waals surface area contributed by atoms with E-state index in [4.69, 9.17) is 0 Å². The lowest BCUT2D eigenvalue weighted by molar-refractivity contribution is 0.103. The van der Waals surface area contributed by atoms with Gasteiger partial charge in [0.2, 0.25) is 10.0 Å². The summed E-state index contributed by atoms with van der Waals surface area (Å²) in [5.74, 6) is -0.171. The van der Waals surface area contributed by atoms with Gasteiger partial charge in [-0.05, 0) is 61.9 Å². The predicted octanol–water partition coefficient (Wildman–Crippen LogP) is 3.27. The maximum atomic E-state index is 12.7. The van der Waals surface area contributed by atoms with Gasteiger partial charge in [0.05, 0.1) is 9.77 Å². The van der Waals surface area contributed by atoms with Crippen molar-refractivity contribution in [3.63, 3.8) is 0 Å². The number of amides is 1. The number of rotatable bonds is 4. The van der Waals surface area contributed by atoms with Crippen molar-refractivity contribution < 1.29 is 13.2 Å². The van der Waals surface area contributed by atoms with Crippen molar-refractivity contribution in [2.75, 3.05) is 18.4 Å². The lowest BCUT2D eigenvalue weighted by atomic mass is 10.2. The zero-order valence-corrected chi connectivity index (χ0v) is 15.5. The number of hydrogen-bond acceptors (Lipinski definition) is 4. The van der Waals surface area contributed by atoms with Gasteiger partial charge in [0, 0.05) is 23.7 Å².